The summed E-state index contributed by atoms with van der Waals surface area (Å²) < 4.78 is 38.4. The van der Waals surface area contributed by atoms with E-state index in [0.717, 1.165) is 12.6 Å². The van der Waals surface area contributed by atoms with Gasteiger partial charge in [0, 0.05) is 6.04 Å². The van der Waals surface area contributed by atoms with Gasteiger partial charge >= 0.3 is 6.18 Å². The fourth-order valence-electron chi connectivity index (χ4n) is 2.08. The quantitative estimate of drug-likeness (QED) is 0.849. The fourth-order valence-corrected chi connectivity index (χ4v) is 2.08. The molecule has 0 radical (unpaired) electrons. The maximum Gasteiger partial charge on any atom is 0.416 e. The van der Waals surface area contributed by atoms with Crippen LogP contribution in [0.25, 0.3) is 0 Å². The predicted octanol–water partition coefficient (Wildman–Crippen LogP) is 3.64. The third-order valence-corrected chi connectivity index (χ3v) is 3.22. The molecule has 1 aliphatic rings. The second kappa shape index (κ2) is 5.31. The Labute approximate surface area is 105 Å². The van der Waals surface area contributed by atoms with Gasteiger partial charge < -0.3 is 5.32 Å². The maximum absolute atomic E-state index is 12.8. The van der Waals surface area contributed by atoms with Crippen molar-refractivity contribution in [3.8, 4) is 0 Å². The Kier molecular flexibility index (Phi) is 3.95. The summed E-state index contributed by atoms with van der Waals surface area (Å²) in [4.78, 5) is 0. The maximum atomic E-state index is 12.8. The molecule has 4 heteroatoms. The summed E-state index contributed by atoms with van der Waals surface area (Å²) in [7, 11) is 0. The molecule has 0 bridgehead atoms. The van der Waals surface area contributed by atoms with Gasteiger partial charge in [-0.3, -0.25) is 0 Å². The summed E-state index contributed by atoms with van der Waals surface area (Å²) in [6, 6.07) is 6.46. The second-order valence-electron chi connectivity index (χ2n) is 5.15. The highest BCUT2D eigenvalue weighted by Gasteiger charge is 2.33. The molecule has 0 amide bonds. The third kappa shape index (κ3) is 3.73. The minimum atomic E-state index is -4.25. The molecule has 100 valence electrons. The molecule has 0 saturated heterocycles. The van der Waals surface area contributed by atoms with Gasteiger partial charge in [-0.1, -0.05) is 25.1 Å². The molecule has 1 N–H and O–H groups in total. The van der Waals surface area contributed by atoms with Crippen molar-refractivity contribution in [1.29, 1.82) is 0 Å². The average molecular weight is 257 g/mol. The molecule has 1 saturated carbocycles. The zero-order valence-electron chi connectivity index (χ0n) is 10.4. The number of hydrogen-bond donors (Lipinski definition) is 1. The van der Waals surface area contributed by atoms with Crippen molar-refractivity contribution in [2.24, 2.45) is 5.92 Å². The number of halogens is 3. The van der Waals surface area contributed by atoms with Crippen LogP contribution in [0, 0.1) is 5.92 Å². The van der Waals surface area contributed by atoms with Gasteiger partial charge in [-0.25, -0.2) is 0 Å². The van der Waals surface area contributed by atoms with Crippen LogP contribution in [0.4, 0.5) is 13.2 Å². The minimum Gasteiger partial charge on any atom is -0.314 e. The normalized spacial score (nSPS) is 17.8. The topological polar surface area (TPSA) is 12.0 Å². The lowest BCUT2D eigenvalue weighted by Crippen LogP contribution is -2.25. The van der Waals surface area contributed by atoms with Gasteiger partial charge in [0.2, 0.25) is 0 Å². The van der Waals surface area contributed by atoms with Crippen LogP contribution in [-0.2, 0) is 12.6 Å². The first-order valence-electron chi connectivity index (χ1n) is 6.35. The summed E-state index contributed by atoms with van der Waals surface area (Å²) in [5, 5.41) is 3.35. The lowest BCUT2D eigenvalue weighted by atomic mass is 9.96. The zero-order chi connectivity index (χ0) is 13.2. The Morgan fingerprint density at radius 1 is 1.28 bits per heavy atom. The zero-order valence-corrected chi connectivity index (χ0v) is 10.4. The molecule has 0 heterocycles. The van der Waals surface area contributed by atoms with Crippen LogP contribution >= 0.6 is 0 Å². The molecule has 0 aliphatic heterocycles. The molecule has 1 nitrogen and oxygen atoms in total. The third-order valence-electron chi connectivity index (χ3n) is 3.22. The Bertz CT molecular complexity index is 396. The van der Waals surface area contributed by atoms with Crippen LogP contribution in [-0.4, -0.2) is 12.6 Å². The van der Waals surface area contributed by atoms with Gasteiger partial charge in [0.05, 0.1) is 5.56 Å². The lowest BCUT2D eigenvalue weighted by molar-refractivity contribution is -0.138. The van der Waals surface area contributed by atoms with E-state index in [4.69, 9.17) is 0 Å². The number of hydrogen-bond acceptors (Lipinski definition) is 1. The van der Waals surface area contributed by atoms with Crippen molar-refractivity contribution in [1.82, 2.24) is 5.32 Å². The fraction of sp³-hybridized carbons (Fsp3) is 0.571. The van der Waals surface area contributed by atoms with E-state index in [9.17, 15) is 13.2 Å². The van der Waals surface area contributed by atoms with Gasteiger partial charge in [0.1, 0.15) is 0 Å². The molecule has 0 spiro atoms. The monoisotopic (exact) mass is 257 g/mol. The molecular formula is C14H18F3N. The molecule has 1 fully saturated rings. The molecule has 1 aromatic carbocycles. The summed E-state index contributed by atoms with van der Waals surface area (Å²) in [6.07, 6.45) is -1.38. The Hall–Kier alpha value is -1.03. The highest BCUT2D eigenvalue weighted by molar-refractivity contribution is 5.30. The number of benzene rings is 1. The van der Waals surface area contributed by atoms with Crippen molar-refractivity contribution in [3.05, 3.63) is 35.4 Å². The van der Waals surface area contributed by atoms with E-state index in [0.29, 0.717) is 18.0 Å². The minimum absolute atomic E-state index is 0.217. The highest BCUT2D eigenvalue weighted by atomic mass is 19.4. The van der Waals surface area contributed by atoms with Crippen molar-refractivity contribution >= 4 is 0 Å². The first-order chi connectivity index (χ1) is 8.47. The smallest absolute Gasteiger partial charge is 0.314 e. The summed E-state index contributed by atoms with van der Waals surface area (Å²) in [5.74, 6) is 0.217. The molecule has 2 rings (SSSR count). The van der Waals surface area contributed by atoms with Crippen LogP contribution < -0.4 is 5.32 Å². The molecule has 1 atom stereocenters. The molecule has 1 aromatic rings. The Balaban J connectivity index is 1.98. The van der Waals surface area contributed by atoms with Crippen molar-refractivity contribution in [2.75, 3.05) is 6.54 Å². The van der Waals surface area contributed by atoms with E-state index in [1.807, 2.05) is 6.92 Å². The van der Waals surface area contributed by atoms with Crippen LogP contribution in [0.1, 0.15) is 30.9 Å². The standard InChI is InChI=1S/C14H18F3N/c1-10(9-18-12-6-7-12)8-11-4-2-3-5-13(11)14(15,16)17/h2-5,10,12,18H,6-9H2,1H3. The van der Waals surface area contributed by atoms with Crippen LogP contribution in [0.3, 0.4) is 0 Å². The lowest BCUT2D eigenvalue weighted by Gasteiger charge is -2.16. The van der Waals surface area contributed by atoms with Crippen LogP contribution in [0.5, 0.6) is 0 Å². The summed E-state index contributed by atoms with van der Waals surface area (Å²) in [5.41, 5.74) is -0.0987. The second-order valence-corrected chi connectivity index (χ2v) is 5.15. The van der Waals surface area contributed by atoms with Crippen LogP contribution in [0.2, 0.25) is 0 Å². The molecule has 1 aliphatic carbocycles. The van der Waals surface area contributed by atoms with E-state index in [2.05, 4.69) is 5.32 Å². The molecule has 1 unspecified atom stereocenters. The van der Waals surface area contributed by atoms with Gasteiger partial charge in [-0.15, -0.1) is 0 Å². The molecule has 0 aromatic heterocycles. The van der Waals surface area contributed by atoms with E-state index in [1.165, 1.54) is 18.9 Å². The van der Waals surface area contributed by atoms with E-state index in [1.54, 1.807) is 12.1 Å². The van der Waals surface area contributed by atoms with E-state index in [-0.39, 0.29) is 5.92 Å². The molecular weight excluding hydrogens is 239 g/mol. The van der Waals surface area contributed by atoms with Crippen molar-refractivity contribution in [2.45, 2.75) is 38.4 Å². The van der Waals surface area contributed by atoms with Crippen molar-refractivity contribution in [3.63, 3.8) is 0 Å². The summed E-state index contributed by atoms with van der Waals surface area (Å²) in [6.45, 7) is 2.78. The predicted molar refractivity (Wildman–Crippen MR) is 65.3 cm³/mol. The van der Waals surface area contributed by atoms with Crippen LogP contribution in [0.15, 0.2) is 24.3 Å². The van der Waals surface area contributed by atoms with Gasteiger partial charge in [-0.2, -0.15) is 13.2 Å². The Morgan fingerprint density at radius 2 is 1.94 bits per heavy atom. The van der Waals surface area contributed by atoms with Gasteiger partial charge in [0.15, 0.2) is 0 Å². The van der Waals surface area contributed by atoms with Crippen molar-refractivity contribution < 1.29 is 13.2 Å². The summed E-state index contributed by atoms with van der Waals surface area (Å²) >= 11 is 0. The average Bonchev–Trinajstić information content (AvgIpc) is 3.09. The number of rotatable bonds is 5. The van der Waals surface area contributed by atoms with E-state index >= 15 is 0 Å². The highest BCUT2D eigenvalue weighted by Crippen LogP contribution is 2.32. The number of alkyl halides is 3. The SMILES string of the molecule is CC(CNC1CC1)Cc1ccccc1C(F)(F)F. The number of nitrogens with one attached hydrogen (secondary N) is 1. The Morgan fingerprint density at radius 3 is 2.56 bits per heavy atom. The van der Waals surface area contributed by atoms with Gasteiger partial charge in [0.25, 0.3) is 0 Å². The van der Waals surface area contributed by atoms with E-state index < -0.39 is 11.7 Å². The largest absolute Gasteiger partial charge is 0.416 e. The first kappa shape index (κ1) is 13.4. The van der Waals surface area contributed by atoms with Gasteiger partial charge in [-0.05, 0) is 43.4 Å². The molecule has 18 heavy (non-hydrogen) atoms. The first-order valence-corrected chi connectivity index (χ1v) is 6.35.